The molecule has 2 rings (SSSR count). The molecule has 1 aliphatic rings. The molecule has 2 N–H and O–H groups in total. The second kappa shape index (κ2) is 5.71. The summed E-state index contributed by atoms with van der Waals surface area (Å²) < 4.78 is 0.985. The zero-order chi connectivity index (χ0) is 13.1. The van der Waals surface area contributed by atoms with E-state index in [1.54, 1.807) is 0 Å². The van der Waals surface area contributed by atoms with Crippen LogP contribution in [0.1, 0.15) is 24.5 Å². The molecule has 5 heteroatoms. The van der Waals surface area contributed by atoms with Gasteiger partial charge in [0.15, 0.2) is 0 Å². The van der Waals surface area contributed by atoms with Crippen molar-refractivity contribution < 1.29 is 15.0 Å². The summed E-state index contributed by atoms with van der Waals surface area (Å²) in [5.41, 5.74) is 0.895. The van der Waals surface area contributed by atoms with Crippen LogP contribution in [0, 0.1) is 5.92 Å². The van der Waals surface area contributed by atoms with Gasteiger partial charge in [-0.25, -0.2) is 4.79 Å². The molecule has 1 heterocycles. The summed E-state index contributed by atoms with van der Waals surface area (Å²) in [5, 5.41) is 19.1. The number of likely N-dealkylation sites (tertiary alicyclic amines) is 1. The van der Waals surface area contributed by atoms with Crippen molar-refractivity contribution in [2.45, 2.75) is 18.9 Å². The van der Waals surface area contributed by atoms with E-state index >= 15 is 0 Å². The molecular weight excluding hydrogens is 298 g/mol. The summed E-state index contributed by atoms with van der Waals surface area (Å²) in [6, 6.07) is 7.62. The maximum Gasteiger partial charge on any atom is 0.407 e. The third-order valence-corrected chi connectivity index (χ3v) is 4.00. The Labute approximate surface area is 114 Å². The Hall–Kier alpha value is -1.07. The van der Waals surface area contributed by atoms with E-state index in [9.17, 15) is 9.90 Å². The van der Waals surface area contributed by atoms with E-state index < -0.39 is 12.2 Å². The number of hydrogen-bond acceptors (Lipinski definition) is 2. The first-order chi connectivity index (χ1) is 8.58. The van der Waals surface area contributed by atoms with E-state index in [0.717, 1.165) is 10.0 Å². The van der Waals surface area contributed by atoms with Gasteiger partial charge in [-0.15, -0.1) is 0 Å². The zero-order valence-corrected chi connectivity index (χ0v) is 11.5. The second-order valence-electron chi connectivity index (χ2n) is 4.60. The number of benzene rings is 1. The Morgan fingerprint density at radius 3 is 2.33 bits per heavy atom. The molecule has 1 aromatic rings. The van der Waals surface area contributed by atoms with Crippen LogP contribution in [-0.4, -0.2) is 34.3 Å². The number of nitrogens with zero attached hydrogens (tertiary/aromatic N) is 1. The standard InChI is InChI=1S/C13H16BrNO3/c14-11-3-1-9(2-4-11)12(16)10-5-7-15(8-6-10)13(17)18/h1-4,10,12,16H,5-8H2,(H,17,18). The molecule has 1 saturated heterocycles. The van der Waals surface area contributed by atoms with Crippen molar-refractivity contribution in [1.82, 2.24) is 4.90 Å². The molecule has 1 atom stereocenters. The van der Waals surface area contributed by atoms with Crippen molar-refractivity contribution in [3.8, 4) is 0 Å². The van der Waals surface area contributed by atoms with Crippen molar-refractivity contribution in [2.24, 2.45) is 5.92 Å². The SMILES string of the molecule is O=C(O)N1CCC(C(O)c2ccc(Br)cc2)CC1. The molecule has 1 aromatic carbocycles. The molecule has 0 saturated carbocycles. The largest absolute Gasteiger partial charge is 0.465 e. The van der Waals surface area contributed by atoms with Crippen LogP contribution < -0.4 is 0 Å². The molecule has 1 unspecified atom stereocenters. The van der Waals surface area contributed by atoms with E-state index in [1.807, 2.05) is 24.3 Å². The van der Waals surface area contributed by atoms with Gasteiger partial charge >= 0.3 is 6.09 Å². The average molecular weight is 314 g/mol. The Morgan fingerprint density at radius 2 is 1.83 bits per heavy atom. The van der Waals surface area contributed by atoms with Crippen molar-refractivity contribution >= 4 is 22.0 Å². The second-order valence-corrected chi connectivity index (χ2v) is 5.52. The maximum atomic E-state index is 10.8. The highest BCUT2D eigenvalue weighted by Crippen LogP contribution is 2.31. The van der Waals surface area contributed by atoms with Gasteiger partial charge in [-0.1, -0.05) is 28.1 Å². The van der Waals surface area contributed by atoms with Crippen LogP contribution in [0.4, 0.5) is 4.79 Å². The minimum Gasteiger partial charge on any atom is -0.465 e. The molecule has 0 spiro atoms. The highest BCUT2D eigenvalue weighted by Gasteiger charge is 2.27. The van der Waals surface area contributed by atoms with E-state index in [1.165, 1.54) is 4.90 Å². The van der Waals surface area contributed by atoms with E-state index in [0.29, 0.717) is 25.9 Å². The van der Waals surface area contributed by atoms with Gasteiger partial charge in [0, 0.05) is 17.6 Å². The van der Waals surface area contributed by atoms with Gasteiger partial charge < -0.3 is 15.1 Å². The lowest BCUT2D eigenvalue weighted by atomic mass is 9.87. The molecule has 1 fully saturated rings. The molecule has 98 valence electrons. The lowest BCUT2D eigenvalue weighted by Gasteiger charge is -2.32. The zero-order valence-electron chi connectivity index (χ0n) is 9.92. The van der Waals surface area contributed by atoms with Crippen molar-refractivity contribution in [3.63, 3.8) is 0 Å². The summed E-state index contributed by atoms with van der Waals surface area (Å²) in [6.07, 6.45) is 0.0493. The number of aliphatic hydroxyl groups is 1. The first-order valence-corrected chi connectivity index (χ1v) is 6.78. The Morgan fingerprint density at radius 1 is 1.28 bits per heavy atom. The number of carbonyl (C=O) groups is 1. The number of hydrogen-bond donors (Lipinski definition) is 2. The molecular formula is C13H16BrNO3. The monoisotopic (exact) mass is 313 g/mol. The molecule has 18 heavy (non-hydrogen) atoms. The van der Waals surface area contributed by atoms with Crippen LogP contribution in [0.3, 0.4) is 0 Å². The third-order valence-electron chi connectivity index (χ3n) is 3.47. The van der Waals surface area contributed by atoms with E-state index in [2.05, 4.69) is 15.9 Å². The van der Waals surface area contributed by atoms with Gasteiger partial charge in [-0.2, -0.15) is 0 Å². The minimum absolute atomic E-state index is 0.141. The number of amides is 1. The van der Waals surface area contributed by atoms with Gasteiger partial charge in [-0.05, 0) is 36.5 Å². The molecule has 4 nitrogen and oxygen atoms in total. The molecule has 1 amide bonds. The van der Waals surface area contributed by atoms with Crippen LogP contribution in [0.5, 0.6) is 0 Å². The third kappa shape index (κ3) is 3.03. The minimum atomic E-state index is -0.869. The quantitative estimate of drug-likeness (QED) is 0.882. The molecule has 1 aliphatic heterocycles. The van der Waals surface area contributed by atoms with Crippen LogP contribution in [0.2, 0.25) is 0 Å². The van der Waals surface area contributed by atoms with E-state index in [-0.39, 0.29) is 5.92 Å². The Balaban J connectivity index is 1.97. The highest BCUT2D eigenvalue weighted by atomic mass is 79.9. The predicted octanol–water partition coefficient (Wildman–Crippen LogP) is 2.87. The molecule has 0 bridgehead atoms. The van der Waals surface area contributed by atoms with Crippen molar-refractivity contribution in [3.05, 3.63) is 34.3 Å². The highest BCUT2D eigenvalue weighted by molar-refractivity contribution is 9.10. The maximum absolute atomic E-state index is 10.8. The van der Waals surface area contributed by atoms with Gasteiger partial charge in [0.2, 0.25) is 0 Å². The van der Waals surface area contributed by atoms with E-state index in [4.69, 9.17) is 5.11 Å². The number of halogens is 1. The average Bonchev–Trinajstić information content (AvgIpc) is 2.39. The van der Waals surface area contributed by atoms with Crippen LogP contribution >= 0.6 is 15.9 Å². The summed E-state index contributed by atoms with van der Waals surface area (Å²) in [6.45, 7) is 1.02. The van der Waals surface area contributed by atoms with Gasteiger partial charge in [0.25, 0.3) is 0 Å². The first kappa shape index (κ1) is 13.4. The topological polar surface area (TPSA) is 60.8 Å². The van der Waals surface area contributed by atoms with Gasteiger partial charge in [0.05, 0.1) is 6.10 Å². The lowest BCUT2D eigenvalue weighted by Crippen LogP contribution is -2.38. The van der Waals surface area contributed by atoms with Crippen LogP contribution in [0.25, 0.3) is 0 Å². The summed E-state index contributed by atoms with van der Waals surface area (Å²) in [5.74, 6) is 0.141. The van der Waals surface area contributed by atoms with Gasteiger partial charge in [0.1, 0.15) is 0 Å². The number of rotatable bonds is 2. The molecule has 0 radical (unpaired) electrons. The Bertz CT molecular complexity index is 413. The summed E-state index contributed by atoms with van der Waals surface area (Å²) in [4.78, 5) is 12.2. The lowest BCUT2D eigenvalue weighted by molar-refractivity contribution is 0.0575. The fourth-order valence-electron chi connectivity index (χ4n) is 2.34. The summed E-state index contributed by atoms with van der Waals surface area (Å²) >= 11 is 3.36. The number of aliphatic hydroxyl groups excluding tert-OH is 1. The van der Waals surface area contributed by atoms with Crippen molar-refractivity contribution in [2.75, 3.05) is 13.1 Å². The number of carboxylic acid groups (broad SMARTS) is 1. The van der Waals surface area contributed by atoms with Gasteiger partial charge in [-0.3, -0.25) is 0 Å². The molecule has 0 aliphatic carbocycles. The van der Waals surface area contributed by atoms with Crippen LogP contribution in [0.15, 0.2) is 28.7 Å². The fraction of sp³-hybridized carbons (Fsp3) is 0.462. The number of piperidine rings is 1. The molecule has 0 aromatic heterocycles. The normalized spacial score (nSPS) is 18.7. The smallest absolute Gasteiger partial charge is 0.407 e. The first-order valence-electron chi connectivity index (χ1n) is 5.99. The predicted molar refractivity (Wildman–Crippen MR) is 71.4 cm³/mol. The Kier molecular flexibility index (Phi) is 4.24. The van der Waals surface area contributed by atoms with Crippen molar-refractivity contribution in [1.29, 1.82) is 0 Å². The van der Waals surface area contributed by atoms with Crippen LogP contribution in [-0.2, 0) is 0 Å². The fourth-order valence-corrected chi connectivity index (χ4v) is 2.60. The summed E-state index contributed by atoms with van der Waals surface area (Å²) in [7, 11) is 0.